The van der Waals surface area contributed by atoms with E-state index < -0.39 is 16.0 Å². The summed E-state index contributed by atoms with van der Waals surface area (Å²) in [5.74, 6) is -0.134. The predicted octanol–water partition coefficient (Wildman–Crippen LogP) is 2.06. The van der Waals surface area contributed by atoms with Gasteiger partial charge < -0.3 is 5.11 Å². The number of rotatable bonds is 3. The van der Waals surface area contributed by atoms with Crippen molar-refractivity contribution < 1.29 is 14.1 Å². The number of aliphatic hydroxyl groups is 1. The molecule has 1 fully saturated rings. The van der Waals surface area contributed by atoms with Crippen molar-refractivity contribution in [3.8, 4) is 0 Å². The van der Waals surface area contributed by atoms with E-state index in [2.05, 4.69) is 0 Å². The van der Waals surface area contributed by atoms with Crippen LogP contribution < -0.4 is 0 Å². The van der Waals surface area contributed by atoms with Crippen LogP contribution in [-0.4, -0.2) is 27.0 Å². The third-order valence-corrected chi connectivity index (χ3v) is 5.93. The average molecular weight is 280 g/mol. The Labute approximate surface area is 116 Å². The Morgan fingerprint density at radius 1 is 1.26 bits per heavy atom. The van der Waals surface area contributed by atoms with E-state index in [4.69, 9.17) is 0 Å². The molecule has 19 heavy (non-hydrogen) atoms. The molecule has 1 aromatic carbocycles. The number of benzene rings is 1. The Balaban J connectivity index is 2.42. The molecule has 0 aromatic heterocycles. The van der Waals surface area contributed by atoms with Crippen LogP contribution in [0.3, 0.4) is 0 Å². The van der Waals surface area contributed by atoms with Gasteiger partial charge in [-0.2, -0.15) is 0 Å². The molecule has 1 saturated carbocycles. The van der Waals surface area contributed by atoms with E-state index in [9.17, 15) is 14.1 Å². The lowest BCUT2D eigenvalue weighted by Gasteiger charge is -2.19. The molecule has 0 heterocycles. The summed E-state index contributed by atoms with van der Waals surface area (Å²) in [6.07, 6.45) is 1.08. The van der Waals surface area contributed by atoms with E-state index in [-0.39, 0.29) is 18.3 Å². The fraction of sp³-hybridized carbons (Fsp3) is 0.533. The smallest absolute Gasteiger partial charge is 0.149 e. The van der Waals surface area contributed by atoms with Gasteiger partial charge in [-0.1, -0.05) is 17.7 Å². The van der Waals surface area contributed by atoms with Gasteiger partial charge in [0.25, 0.3) is 0 Å². The summed E-state index contributed by atoms with van der Waals surface area (Å²) >= 11 is 0. The summed E-state index contributed by atoms with van der Waals surface area (Å²) in [4.78, 5) is 12.7. The summed E-state index contributed by atoms with van der Waals surface area (Å²) in [6, 6.07) is 3.99. The van der Waals surface area contributed by atoms with E-state index in [0.29, 0.717) is 12.8 Å². The van der Waals surface area contributed by atoms with Crippen molar-refractivity contribution in [2.75, 3.05) is 6.61 Å². The summed E-state index contributed by atoms with van der Waals surface area (Å²) in [5, 5.41) is 8.81. The van der Waals surface area contributed by atoms with Gasteiger partial charge in [0.05, 0.1) is 10.8 Å². The number of carbonyl (C=O) groups is 1. The zero-order chi connectivity index (χ0) is 14.2. The van der Waals surface area contributed by atoms with Gasteiger partial charge in [-0.15, -0.1) is 0 Å². The lowest BCUT2D eigenvalue weighted by Crippen LogP contribution is -2.29. The van der Waals surface area contributed by atoms with Gasteiger partial charge in [-0.05, 0) is 38.3 Å². The van der Waals surface area contributed by atoms with E-state index in [0.717, 1.165) is 21.6 Å². The minimum absolute atomic E-state index is 0.0248. The molecule has 0 spiro atoms. The number of aliphatic hydroxyl groups excluding tert-OH is 1. The fourth-order valence-electron chi connectivity index (χ4n) is 2.98. The maximum absolute atomic E-state index is 12.8. The van der Waals surface area contributed by atoms with Crippen LogP contribution in [0.5, 0.6) is 0 Å². The van der Waals surface area contributed by atoms with Gasteiger partial charge in [0.1, 0.15) is 11.0 Å². The molecule has 2 rings (SSSR count). The van der Waals surface area contributed by atoms with Crippen molar-refractivity contribution in [1.29, 1.82) is 0 Å². The van der Waals surface area contributed by atoms with E-state index >= 15 is 0 Å². The second-order valence-electron chi connectivity index (χ2n) is 5.39. The van der Waals surface area contributed by atoms with Crippen molar-refractivity contribution in [2.24, 2.45) is 5.92 Å². The topological polar surface area (TPSA) is 54.4 Å². The van der Waals surface area contributed by atoms with Crippen molar-refractivity contribution >= 4 is 16.6 Å². The highest BCUT2D eigenvalue weighted by molar-refractivity contribution is 7.86. The summed E-state index contributed by atoms with van der Waals surface area (Å²) in [6.45, 7) is 5.80. The van der Waals surface area contributed by atoms with Crippen LogP contribution in [0.2, 0.25) is 0 Å². The normalized spacial score (nSPS) is 24.7. The standard InChI is InChI=1S/C15H20O3S/c1-9-6-10(2)14(11(3)7-9)19(18)15-12(8-16)4-5-13(15)17/h6-7,12,15-16H,4-5,8H2,1-3H3/t12-,15?,19?/m0/s1. The fourth-order valence-corrected chi connectivity index (χ4v) is 4.91. The molecular formula is C15H20O3S. The van der Waals surface area contributed by atoms with E-state index in [1.807, 2.05) is 32.9 Å². The molecule has 3 nitrogen and oxygen atoms in total. The van der Waals surface area contributed by atoms with Gasteiger partial charge in [0, 0.05) is 23.8 Å². The van der Waals surface area contributed by atoms with Crippen LogP contribution in [-0.2, 0) is 15.6 Å². The first kappa shape index (κ1) is 14.4. The molecule has 4 heteroatoms. The van der Waals surface area contributed by atoms with Crippen molar-refractivity contribution in [1.82, 2.24) is 0 Å². The van der Waals surface area contributed by atoms with E-state index in [1.165, 1.54) is 0 Å². The first-order valence-corrected chi connectivity index (χ1v) is 7.79. The Morgan fingerprint density at radius 2 is 1.84 bits per heavy atom. The number of carbonyl (C=O) groups excluding carboxylic acids is 1. The highest BCUT2D eigenvalue weighted by atomic mass is 32.2. The quantitative estimate of drug-likeness (QED) is 0.922. The molecule has 104 valence electrons. The van der Waals surface area contributed by atoms with Gasteiger partial charge >= 0.3 is 0 Å². The maximum atomic E-state index is 12.8. The first-order chi connectivity index (χ1) is 8.95. The summed E-state index contributed by atoms with van der Waals surface area (Å²) in [7, 11) is -1.36. The van der Waals surface area contributed by atoms with Crippen LogP contribution in [0, 0.1) is 26.7 Å². The number of hydrogen-bond donors (Lipinski definition) is 1. The minimum Gasteiger partial charge on any atom is -0.396 e. The largest absolute Gasteiger partial charge is 0.396 e. The van der Waals surface area contributed by atoms with Crippen LogP contribution in [0.15, 0.2) is 17.0 Å². The SMILES string of the molecule is Cc1cc(C)c(S(=O)C2C(=O)CC[C@H]2CO)c(C)c1. The monoisotopic (exact) mass is 280 g/mol. The molecule has 1 N–H and O–H groups in total. The second-order valence-corrected chi connectivity index (χ2v) is 6.90. The molecule has 0 aliphatic heterocycles. The van der Waals surface area contributed by atoms with Gasteiger partial charge in [0.15, 0.2) is 0 Å². The predicted molar refractivity (Wildman–Crippen MR) is 75.7 cm³/mol. The van der Waals surface area contributed by atoms with Crippen LogP contribution in [0.4, 0.5) is 0 Å². The lowest BCUT2D eigenvalue weighted by atomic mass is 10.1. The number of Topliss-reactive ketones (excluding diaryl/α,β-unsaturated/α-hetero) is 1. The Hall–Kier alpha value is -1.00. The molecule has 0 amide bonds. The second kappa shape index (κ2) is 5.55. The molecule has 2 unspecified atom stereocenters. The molecule has 0 saturated heterocycles. The van der Waals surface area contributed by atoms with Gasteiger partial charge in [0.2, 0.25) is 0 Å². The maximum Gasteiger partial charge on any atom is 0.149 e. The molecule has 1 aliphatic rings. The Kier molecular flexibility index (Phi) is 4.21. The van der Waals surface area contributed by atoms with E-state index in [1.54, 1.807) is 0 Å². The van der Waals surface area contributed by atoms with Crippen molar-refractivity contribution in [2.45, 2.75) is 43.8 Å². The Bertz CT molecular complexity index is 513. The van der Waals surface area contributed by atoms with Gasteiger partial charge in [-0.25, -0.2) is 0 Å². The Morgan fingerprint density at radius 3 is 2.37 bits per heavy atom. The molecular weight excluding hydrogens is 260 g/mol. The number of hydrogen-bond acceptors (Lipinski definition) is 3. The first-order valence-electron chi connectivity index (χ1n) is 6.57. The molecule has 0 bridgehead atoms. The third-order valence-electron chi connectivity index (χ3n) is 3.78. The highest BCUT2D eigenvalue weighted by Gasteiger charge is 2.39. The minimum atomic E-state index is -1.36. The summed E-state index contributed by atoms with van der Waals surface area (Å²) < 4.78 is 12.8. The third kappa shape index (κ3) is 2.65. The lowest BCUT2D eigenvalue weighted by molar-refractivity contribution is -0.117. The van der Waals surface area contributed by atoms with Crippen molar-refractivity contribution in [3.05, 3.63) is 28.8 Å². The summed E-state index contributed by atoms with van der Waals surface area (Å²) in [5.41, 5.74) is 3.06. The van der Waals surface area contributed by atoms with Crippen molar-refractivity contribution in [3.63, 3.8) is 0 Å². The highest BCUT2D eigenvalue weighted by Crippen LogP contribution is 2.32. The average Bonchev–Trinajstić information content (AvgIpc) is 2.68. The number of aryl methyl sites for hydroxylation is 3. The zero-order valence-electron chi connectivity index (χ0n) is 11.6. The zero-order valence-corrected chi connectivity index (χ0v) is 12.4. The van der Waals surface area contributed by atoms with Gasteiger partial charge in [-0.3, -0.25) is 9.00 Å². The molecule has 1 aromatic rings. The molecule has 3 atom stereocenters. The molecule has 0 radical (unpaired) electrons. The van der Waals surface area contributed by atoms with Crippen LogP contribution in [0.1, 0.15) is 29.5 Å². The molecule has 1 aliphatic carbocycles. The van der Waals surface area contributed by atoms with Crippen LogP contribution >= 0.6 is 0 Å². The van der Waals surface area contributed by atoms with Crippen LogP contribution in [0.25, 0.3) is 0 Å². The number of ketones is 1.